The highest BCUT2D eigenvalue weighted by atomic mass is 16.5. The fraction of sp³-hybridized carbons (Fsp3) is 0.308. The van der Waals surface area contributed by atoms with Gasteiger partial charge in [-0.3, -0.25) is 9.59 Å². The van der Waals surface area contributed by atoms with Gasteiger partial charge in [-0.25, -0.2) is 4.79 Å². The van der Waals surface area contributed by atoms with Crippen LogP contribution in [0.15, 0.2) is 24.3 Å². The molecule has 1 aromatic rings. The van der Waals surface area contributed by atoms with Gasteiger partial charge in [0.25, 0.3) is 0 Å². The standard InChI is InChI=1S/C13H16N2O5/c1-19-7-6-14-11(16)12(17)15-10-5-3-4-9(8-10)13(18)20-2/h3-5,8H,6-7H2,1-2H3,(H,14,16)(H,15,17). The first-order chi connectivity index (χ1) is 9.58. The Balaban J connectivity index is 2.61. The highest BCUT2D eigenvalue weighted by Crippen LogP contribution is 2.11. The number of methoxy groups -OCH3 is 2. The molecule has 0 saturated heterocycles. The van der Waals surface area contributed by atoms with Crippen molar-refractivity contribution in [3.8, 4) is 0 Å². The van der Waals surface area contributed by atoms with E-state index in [0.29, 0.717) is 12.3 Å². The Morgan fingerprint density at radius 2 is 1.90 bits per heavy atom. The molecule has 2 amide bonds. The van der Waals surface area contributed by atoms with Gasteiger partial charge >= 0.3 is 17.8 Å². The molecule has 0 fully saturated rings. The van der Waals surface area contributed by atoms with Crippen molar-refractivity contribution in [3.63, 3.8) is 0 Å². The SMILES string of the molecule is COCCNC(=O)C(=O)Nc1cccc(C(=O)OC)c1. The quantitative estimate of drug-likeness (QED) is 0.456. The molecule has 0 spiro atoms. The Kier molecular flexibility index (Phi) is 6.18. The lowest BCUT2D eigenvalue weighted by atomic mass is 10.2. The maximum atomic E-state index is 11.6. The van der Waals surface area contributed by atoms with E-state index in [1.807, 2.05) is 0 Å². The molecule has 0 heterocycles. The summed E-state index contributed by atoms with van der Waals surface area (Å²) in [6, 6.07) is 6.10. The van der Waals surface area contributed by atoms with Crippen LogP contribution in [0.5, 0.6) is 0 Å². The summed E-state index contributed by atoms with van der Waals surface area (Å²) in [5.74, 6) is -2.11. The van der Waals surface area contributed by atoms with E-state index in [1.165, 1.54) is 20.3 Å². The van der Waals surface area contributed by atoms with Gasteiger partial charge in [-0.1, -0.05) is 6.07 Å². The second-order valence-electron chi connectivity index (χ2n) is 3.78. The van der Waals surface area contributed by atoms with Gasteiger partial charge in [-0.15, -0.1) is 0 Å². The Morgan fingerprint density at radius 3 is 2.55 bits per heavy atom. The van der Waals surface area contributed by atoms with E-state index in [2.05, 4.69) is 15.4 Å². The molecule has 20 heavy (non-hydrogen) atoms. The van der Waals surface area contributed by atoms with Crippen molar-refractivity contribution in [1.82, 2.24) is 5.32 Å². The molecule has 0 unspecified atom stereocenters. The van der Waals surface area contributed by atoms with Crippen molar-refractivity contribution in [2.75, 3.05) is 32.7 Å². The van der Waals surface area contributed by atoms with Gasteiger partial charge in [-0.05, 0) is 18.2 Å². The van der Waals surface area contributed by atoms with Crippen LogP contribution in [0.4, 0.5) is 5.69 Å². The molecule has 2 N–H and O–H groups in total. The number of hydrogen-bond acceptors (Lipinski definition) is 5. The molecule has 0 aliphatic carbocycles. The van der Waals surface area contributed by atoms with E-state index >= 15 is 0 Å². The Hall–Kier alpha value is -2.41. The summed E-state index contributed by atoms with van der Waals surface area (Å²) in [7, 11) is 2.75. The molecular weight excluding hydrogens is 264 g/mol. The number of rotatable bonds is 5. The summed E-state index contributed by atoms with van der Waals surface area (Å²) in [5, 5.41) is 4.77. The second kappa shape index (κ2) is 7.90. The highest BCUT2D eigenvalue weighted by Gasteiger charge is 2.14. The first-order valence-corrected chi connectivity index (χ1v) is 5.85. The molecule has 7 nitrogen and oxygen atoms in total. The van der Waals surface area contributed by atoms with Crippen molar-refractivity contribution < 1.29 is 23.9 Å². The molecule has 1 rings (SSSR count). The van der Waals surface area contributed by atoms with Crippen molar-refractivity contribution in [3.05, 3.63) is 29.8 Å². The summed E-state index contributed by atoms with van der Waals surface area (Å²) in [5.41, 5.74) is 0.616. The van der Waals surface area contributed by atoms with Crippen LogP contribution in [0.3, 0.4) is 0 Å². The summed E-state index contributed by atoms with van der Waals surface area (Å²) < 4.78 is 9.31. The number of esters is 1. The normalized spacial score (nSPS) is 9.70. The minimum atomic E-state index is -0.817. The average molecular weight is 280 g/mol. The molecular formula is C13H16N2O5. The van der Waals surface area contributed by atoms with Crippen LogP contribution >= 0.6 is 0 Å². The van der Waals surface area contributed by atoms with Gasteiger partial charge in [0.05, 0.1) is 19.3 Å². The van der Waals surface area contributed by atoms with Crippen LogP contribution in [0.2, 0.25) is 0 Å². The number of hydrogen-bond donors (Lipinski definition) is 2. The lowest BCUT2D eigenvalue weighted by molar-refractivity contribution is -0.136. The van der Waals surface area contributed by atoms with E-state index in [-0.39, 0.29) is 12.1 Å². The van der Waals surface area contributed by atoms with Gasteiger partial charge in [-0.2, -0.15) is 0 Å². The van der Waals surface area contributed by atoms with Crippen LogP contribution in [0.25, 0.3) is 0 Å². The van der Waals surface area contributed by atoms with Crippen LogP contribution in [0, 0.1) is 0 Å². The summed E-state index contributed by atoms with van der Waals surface area (Å²) in [4.78, 5) is 34.3. The number of carbonyl (C=O) groups is 3. The predicted octanol–water partition coefficient (Wildman–Crippen LogP) is 0.174. The first kappa shape index (κ1) is 15.6. The third kappa shape index (κ3) is 4.69. The van der Waals surface area contributed by atoms with E-state index in [0.717, 1.165) is 0 Å². The third-order valence-electron chi connectivity index (χ3n) is 2.34. The van der Waals surface area contributed by atoms with E-state index in [4.69, 9.17) is 4.74 Å². The molecule has 0 bridgehead atoms. The van der Waals surface area contributed by atoms with Gasteiger partial charge in [0.2, 0.25) is 0 Å². The zero-order valence-electron chi connectivity index (χ0n) is 11.3. The number of benzene rings is 1. The molecule has 7 heteroatoms. The summed E-state index contributed by atoms with van der Waals surface area (Å²) in [6.07, 6.45) is 0. The number of nitrogens with one attached hydrogen (secondary N) is 2. The molecule has 0 atom stereocenters. The van der Waals surface area contributed by atoms with Gasteiger partial charge in [0.1, 0.15) is 0 Å². The molecule has 0 aliphatic rings. The molecule has 108 valence electrons. The fourth-order valence-electron chi connectivity index (χ4n) is 1.38. The van der Waals surface area contributed by atoms with Crippen LogP contribution in [-0.4, -0.2) is 45.2 Å². The lowest BCUT2D eigenvalue weighted by Crippen LogP contribution is -2.37. The number of amides is 2. The van der Waals surface area contributed by atoms with E-state index in [1.54, 1.807) is 18.2 Å². The van der Waals surface area contributed by atoms with Crippen molar-refractivity contribution >= 4 is 23.5 Å². The molecule has 0 saturated carbocycles. The van der Waals surface area contributed by atoms with Gasteiger partial charge in [0, 0.05) is 19.3 Å². The maximum absolute atomic E-state index is 11.6. The topological polar surface area (TPSA) is 93.7 Å². The monoisotopic (exact) mass is 280 g/mol. The minimum Gasteiger partial charge on any atom is -0.465 e. The van der Waals surface area contributed by atoms with Gasteiger partial charge < -0.3 is 20.1 Å². The third-order valence-corrected chi connectivity index (χ3v) is 2.34. The van der Waals surface area contributed by atoms with E-state index < -0.39 is 17.8 Å². The van der Waals surface area contributed by atoms with Crippen LogP contribution in [0.1, 0.15) is 10.4 Å². The maximum Gasteiger partial charge on any atom is 0.337 e. The van der Waals surface area contributed by atoms with Crippen LogP contribution in [-0.2, 0) is 19.1 Å². The Bertz CT molecular complexity index is 501. The molecule has 0 aliphatic heterocycles. The second-order valence-corrected chi connectivity index (χ2v) is 3.78. The number of carbonyl (C=O) groups excluding carboxylic acids is 3. The van der Waals surface area contributed by atoms with Crippen molar-refractivity contribution in [1.29, 1.82) is 0 Å². The summed E-state index contributed by atoms with van der Waals surface area (Å²) >= 11 is 0. The smallest absolute Gasteiger partial charge is 0.337 e. The Labute approximate surface area is 116 Å². The molecule has 0 radical (unpaired) electrons. The largest absolute Gasteiger partial charge is 0.465 e. The minimum absolute atomic E-state index is 0.241. The summed E-state index contributed by atoms with van der Waals surface area (Å²) in [6.45, 7) is 0.557. The zero-order chi connectivity index (χ0) is 15.0. The lowest BCUT2D eigenvalue weighted by Gasteiger charge is -2.07. The zero-order valence-corrected chi connectivity index (χ0v) is 11.3. The van der Waals surface area contributed by atoms with Gasteiger partial charge in [0.15, 0.2) is 0 Å². The van der Waals surface area contributed by atoms with Crippen LogP contribution < -0.4 is 10.6 Å². The Morgan fingerprint density at radius 1 is 1.15 bits per heavy atom. The van der Waals surface area contributed by atoms with Crippen molar-refractivity contribution in [2.45, 2.75) is 0 Å². The molecule has 1 aromatic carbocycles. The highest BCUT2D eigenvalue weighted by molar-refractivity contribution is 6.39. The fourth-order valence-corrected chi connectivity index (χ4v) is 1.38. The van der Waals surface area contributed by atoms with Crippen molar-refractivity contribution in [2.24, 2.45) is 0 Å². The molecule has 0 aromatic heterocycles. The van der Waals surface area contributed by atoms with E-state index in [9.17, 15) is 14.4 Å². The average Bonchev–Trinajstić information content (AvgIpc) is 2.46. The first-order valence-electron chi connectivity index (χ1n) is 5.85. The number of ether oxygens (including phenoxy) is 2. The number of anilines is 1. The predicted molar refractivity (Wildman–Crippen MR) is 71.3 cm³/mol.